The van der Waals surface area contributed by atoms with Crippen LogP contribution in [0.2, 0.25) is 5.28 Å². The number of aromatic nitrogens is 2. The maximum absolute atomic E-state index is 11.9. The van der Waals surface area contributed by atoms with Crippen molar-refractivity contribution < 1.29 is 14.6 Å². The van der Waals surface area contributed by atoms with Gasteiger partial charge in [-0.1, -0.05) is 19.3 Å². The lowest BCUT2D eigenvalue weighted by Gasteiger charge is -2.06. The van der Waals surface area contributed by atoms with Gasteiger partial charge >= 0.3 is 5.97 Å². The van der Waals surface area contributed by atoms with E-state index in [4.69, 9.17) is 32.3 Å². The van der Waals surface area contributed by atoms with Crippen molar-refractivity contribution in [3.63, 3.8) is 0 Å². The van der Waals surface area contributed by atoms with E-state index in [2.05, 4.69) is 9.97 Å². The molecule has 1 aromatic heterocycles. The second-order valence-electron chi connectivity index (χ2n) is 6.10. The number of halogens is 1. The number of rotatable bonds is 13. The van der Waals surface area contributed by atoms with Gasteiger partial charge in [0.25, 0.3) is 5.56 Å². The summed E-state index contributed by atoms with van der Waals surface area (Å²) in [6.07, 6.45) is 9.92. The maximum atomic E-state index is 11.9. The summed E-state index contributed by atoms with van der Waals surface area (Å²) in [7, 11) is 0. The molecule has 0 aromatic carbocycles. The van der Waals surface area contributed by atoms with Crippen LogP contribution < -0.4 is 5.56 Å². The van der Waals surface area contributed by atoms with Gasteiger partial charge in [0.05, 0.1) is 18.5 Å². The minimum Gasteiger partial charge on any atom is -0.492 e. The van der Waals surface area contributed by atoms with Crippen molar-refractivity contribution in [3.8, 4) is 0 Å². The average molecular weight is 409 g/mol. The second-order valence-corrected chi connectivity index (χ2v) is 6.46. The molecular formula is C19H25ClN4O4. The first-order valence-corrected chi connectivity index (χ1v) is 9.31. The summed E-state index contributed by atoms with van der Waals surface area (Å²) in [4.78, 5) is 29.0. The molecule has 152 valence electrons. The van der Waals surface area contributed by atoms with Crippen LogP contribution in [0.25, 0.3) is 0 Å². The van der Waals surface area contributed by atoms with E-state index in [0.717, 1.165) is 44.5 Å². The summed E-state index contributed by atoms with van der Waals surface area (Å²) >= 11 is 5.69. The molecule has 0 radical (unpaired) electrons. The predicted molar refractivity (Wildman–Crippen MR) is 109 cm³/mol. The van der Waals surface area contributed by atoms with Gasteiger partial charge in [0.1, 0.15) is 5.76 Å². The van der Waals surface area contributed by atoms with Crippen LogP contribution in [0.4, 0.5) is 0 Å². The summed E-state index contributed by atoms with van der Waals surface area (Å²) in [6, 6.07) is 0. The Balaban J connectivity index is 2.28. The molecular weight excluding hydrogens is 384 g/mol. The molecule has 0 spiro atoms. The molecule has 0 atom stereocenters. The monoisotopic (exact) mass is 408 g/mol. The fourth-order valence-electron chi connectivity index (χ4n) is 2.39. The van der Waals surface area contributed by atoms with Gasteiger partial charge in [-0.05, 0) is 49.9 Å². The summed E-state index contributed by atoms with van der Waals surface area (Å²) in [5.41, 5.74) is 0.655. The lowest BCUT2D eigenvalue weighted by molar-refractivity contribution is -0.132. The number of aromatic amines is 1. The molecule has 0 saturated carbocycles. The Labute approximate surface area is 168 Å². The summed E-state index contributed by atoms with van der Waals surface area (Å²) < 4.78 is 5.44. The third-order valence-electron chi connectivity index (χ3n) is 3.97. The fraction of sp³-hybridized carbons (Fsp3) is 0.421. The molecule has 0 bridgehead atoms. The summed E-state index contributed by atoms with van der Waals surface area (Å²) in [6.45, 7) is 1.92. The Morgan fingerprint density at radius 1 is 1.21 bits per heavy atom. The molecule has 8 nitrogen and oxygen atoms in total. The van der Waals surface area contributed by atoms with Crippen molar-refractivity contribution in [1.82, 2.24) is 9.97 Å². The number of ether oxygens (including phenoxy) is 1. The first-order chi connectivity index (χ1) is 13.4. The van der Waals surface area contributed by atoms with Gasteiger partial charge in [0.15, 0.2) is 0 Å². The predicted octanol–water partition coefficient (Wildman–Crippen LogP) is 3.49. The zero-order valence-corrected chi connectivity index (χ0v) is 16.5. The van der Waals surface area contributed by atoms with Gasteiger partial charge in [-0.25, -0.2) is 9.78 Å². The number of H-pyrrole nitrogens is 1. The van der Waals surface area contributed by atoms with Gasteiger partial charge in [-0.2, -0.15) is 0 Å². The highest BCUT2D eigenvalue weighted by molar-refractivity contribution is 6.28. The molecule has 0 aliphatic rings. The van der Waals surface area contributed by atoms with Crippen LogP contribution in [0.1, 0.15) is 50.3 Å². The number of carboxylic acid groups (broad SMARTS) is 1. The Bertz CT molecular complexity index is 815. The van der Waals surface area contributed by atoms with Crippen LogP contribution in [0.3, 0.4) is 0 Å². The van der Waals surface area contributed by atoms with E-state index in [1.54, 1.807) is 0 Å². The molecule has 0 amide bonds. The molecule has 0 saturated heterocycles. The average Bonchev–Trinajstić information content (AvgIpc) is 2.66. The topological polar surface area (TPSA) is 140 Å². The lowest BCUT2D eigenvalue weighted by Crippen LogP contribution is -2.17. The van der Waals surface area contributed by atoms with Crippen LogP contribution in [0, 0.1) is 10.8 Å². The summed E-state index contributed by atoms with van der Waals surface area (Å²) in [5.74, 6) is -0.695. The van der Waals surface area contributed by atoms with Crippen molar-refractivity contribution in [2.24, 2.45) is 0 Å². The Hall–Kier alpha value is -2.74. The highest BCUT2D eigenvalue weighted by Gasteiger charge is 2.08. The molecule has 28 heavy (non-hydrogen) atoms. The number of nitrogens with zero attached hydrogens (tertiary/aromatic N) is 1. The normalized spacial score (nSPS) is 11.9. The number of carboxylic acids is 1. The van der Waals surface area contributed by atoms with Gasteiger partial charge in [0.2, 0.25) is 5.28 Å². The Morgan fingerprint density at radius 3 is 2.54 bits per heavy atom. The van der Waals surface area contributed by atoms with Crippen LogP contribution >= 0.6 is 11.6 Å². The molecule has 1 rings (SSSR count). The molecule has 0 aliphatic heterocycles. The van der Waals surface area contributed by atoms with E-state index in [9.17, 15) is 9.59 Å². The first kappa shape index (κ1) is 23.3. The van der Waals surface area contributed by atoms with Crippen molar-refractivity contribution in [1.29, 1.82) is 10.8 Å². The number of allylic oxidation sites excluding steroid dienone is 3. The van der Waals surface area contributed by atoms with E-state index >= 15 is 0 Å². The third-order valence-corrected chi connectivity index (χ3v) is 4.15. The SMILES string of the molecule is C/C(=C\C=C(/C=N)OCCCCCCCc1c(C=N)nc(Cl)[nH]c1=O)C(=O)O. The van der Waals surface area contributed by atoms with Crippen LogP contribution in [0.15, 0.2) is 28.3 Å². The minimum atomic E-state index is -1.01. The molecule has 1 aromatic rings. The Kier molecular flexibility index (Phi) is 10.5. The number of nitrogens with one attached hydrogen (secondary N) is 3. The fourth-order valence-corrected chi connectivity index (χ4v) is 2.56. The standard InChI is InChI=1S/C19H25ClN4O4/c1-13(18(26)27)8-9-14(11-21)28-10-6-4-2-3-5-7-15-16(12-22)23-19(20)24-17(15)25/h8-9,11-12,21-22H,2-7,10H2,1H3,(H,26,27)(H,23,24,25)/b13-8+,14-9+,21-11?,22-12?. The van der Waals surface area contributed by atoms with Gasteiger partial charge in [-0.15, -0.1) is 0 Å². The van der Waals surface area contributed by atoms with Crippen molar-refractivity contribution in [2.75, 3.05) is 6.61 Å². The zero-order valence-electron chi connectivity index (χ0n) is 15.8. The van der Waals surface area contributed by atoms with E-state index < -0.39 is 5.97 Å². The van der Waals surface area contributed by atoms with Crippen molar-refractivity contribution >= 4 is 30.0 Å². The van der Waals surface area contributed by atoms with Crippen LogP contribution in [0.5, 0.6) is 0 Å². The van der Waals surface area contributed by atoms with Gasteiger partial charge in [-0.3, -0.25) is 9.78 Å². The van der Waals surface area contributed by atoms with E-state index in [1.165, 1.54) is 19.1 Å². The number of unbranched alkanes of at least 4 members (excludes halogenated alkanes) is 4. The Morgan fingerprint density at radius 2 is 1.89 bits per heavy atom. The van der Waals surface area contributed by atoms with Gasteiger partial charge < -0.3 is 20.7 Å². The van der Waals surface area contributed by atoms with E-state index in [0.29, 0.717) is 30.0 Å². The lowest BCUT2D eigenvalue weighted by atomic mass is 10.1. The molecule has 0 aliphatic carbocycles. The van der Waals surface area contributed by atoms with E-state index in [1.807, 2.05) is 0 Å². The number of hydrogen-bond donors (Lipinski definition) is 4. The third kappa shape index (κ3) is 8.30. The molecule has 4 N–H and O–H groups in total. The highest BCUT2D eigenvalue weighted by Crippen LogP contribution is 2.10. The van der Waals surface area contributed by atoms with Crippen molar-refractivity contribution in [3.05, 3.63) is 50.4 Å². The number of aliphatic carboxylic acids is 1. The van der Waals surface area contributed by atoms with E-state index in [-0.39, 0.29) is 16.4 Å². The van der Waals surface area contributed by atoms with Crippen molar-refractivity contribution in [2.45, 2.75) is 45.4 Å². The van der Waals surface area contributed by atoms with Crippen LogP contribution in [-0.2, 0) is 16.0 Å². The number of hydrogen-bond acceptors (Lipinski definition) is 6. The first-order valence-electron chi connectivity index (χ1n) is 8.93. The zero-order chi connectivity index (χ0) is 20.9. The summed E-state index contributed by atoms with van der Waals surface area (Å²) in [5, 5.41) is 23.4. The molecule has 1 heterocycles. The smallest absolute Gasteiger partial charge is 0.331 e. The van der Waals surface area contributed by atoms with Gasteiger partial charge in [0, 0.05) is 17.4 Å². The quantitative estimate of drug-likeness (QED) is 0.0987. The largest absolute Gasteiger partial charge is 0.492 e. The molecule has 0 fully saturated rings. The highest BCUT2D eigenvalue weighted by atomic mass is 35.5. The minimum absolute atomic E-state index is 0.0146. The van der Waals surface area contributed by atoms with Crippen LogP contribution in [-0.4, -0.2) is 40.1 Å². The maximum Gasteiger partial charge on any atom is 0.331 e. The molecule has 9 heteroatoms. The molecule has 0 unspecified atom stereocenters. The number of carbonyl (C=O) groups is 1. The second kappa shape index (κ2) is 12.6.